The largest absolute Gasteiger partial charge is 0.375 e. The summed E-state index contributed by atoms with van der Waals surface area (Å²) in [6.07, 6.45) is 3.68. The second kappa shape index (κ2) is 5.69. The molecule has 3 heterocycles. The number of rotatable bonds is 5. The molecule has 0 fully saturated rings. The number of nitrogens with two attached hydrogens (primary N) is 1. The number of nitrogens with one attached hydrogen (secondary N) is 1. The predicted molar refractivity (Wildman–Crippen MR) is 85.8 cm³/mol. The Labute approximate surface area is 127 Å². The molecular formula is C14H18N6S. The predicted octanol–water partition coefficient (Wildman–Crippen LogP) is 2.43. The molecule has 3 N–H and O–H groups in total. The first-order valence-corrected chi connectivity index (χ1v) is 7.78. The monoisotopic (exact) mass is 302 g/mol. The number of aryl methyl sites for hydroxylation is 2. The molecule has 21 heavy (non-hydrogen) atoms. The van der Waals surface area contributed by atoms with Crippen LogP contribution in [0.3, 0.4) is 0 Å². The van der Waals surface area contributed by atoms with Gasteiger partial charge in [0.05, 0.1) is 11.9 Å². The number of anilines is 2. The number of aromatic nitrogens is 4. The Morgan fingerprint density at radius 3 is 2.95 bits per heavy atom. The quantitative estimate of drug-likeness (QED) is 0.707. The number of hydrogen-bond acceptors (Lipinski definition) is 6. The zero-order chi connectivity index (χ0) is 14.8. The van der Waals surface area contributed by atoms with Gasteiger partial charge in [0.15, 0.2) is 10.8 Å². The topological polar surface area (TPSA) is 81.1 Å². The van der Waals surface area contributed by atoms with E-state index in [1.807, 2.05) is 22.9 Å². The fraction of sp³-hybridized carbons (Fsp3) is 0.357. The Morgan fingerprint density at radius 2 is 2.19 bits per heavy atom. The summed E-state index contributed by atoms with van der Waals surface area (Å²) in [6, 6.07) is 1.91. The Bertz CT molecular complexity index is 760. The highest BCUT2D eigenvalue weighted by Gasteiger charge is 2.09. The van der Waals surface area contributed by atoms with Crippen LogP contribution in [0.1, 0.15) is 23.4 Å². The zero-order valence-corrected chi connectivity index (χ0v) is 12.9. The lowest BCUT2D eigenvalue weighted by molar-refractivity contribution is 0.824. The van der Waals surface area contributed by atoms with E-state index in [4.69, 9.17) is 5.73 Å². The van der Waals surface area contributed by atoms with Crippen LogP contribution >= 0.6 is 11.3 Å². The Morgan fingerprint density at radius 1 is 1.33 bits per heavy atom. The zero-order valence-electron chi connectivity index (χ0n) is 12.1. The van der Waals surface area contributed by atoms with Crippen LogP contribution in [-0.2, 0) is 6.42 Å². The molecule has 0 amide bonds. The number of hydrogen-bond donors (Lipinski definition) is 2. The van der Waals surface area contributed by atoms with E-state index in [0.717, 1.165) is 47.8 Å². The van der Waals surface area contributed by atoms with Gasteiger partial charge in [-0.05, 0) is 26.7 Å². The van der Waals surface area contributed by atoms with Crippen LogP contribution in [-0.4, -0.2) is 26.1 Å². The molecule has 0 unspecified atom stereocenters. The van der Waals surface area contributed by atoms with Gasteiger partial charge in [-0.15, -0.1) is 11.3 Å². The third-order valence-corrected chi connectivity index (χ3v) is 4.21. The minimum absolute atomic E-state index is 0.636. The summed E-state index contributed by atoms with van der Waals surface area (Å²) < 4.78 is 1.85. The van der Waals surface area contributed by atoms with E-state index in [-0.39, 0.29) is 0 Å². The Hall–Kier alpha value is -2.15. The minimum Gasteiger partial charge on any atom is -0.375 e. The third-order valence-electron chi connectivity index (χ3n) is 3.49. The van der Waals surface area contributed by atoms with Gasteiger partial charge in [0.25, 0.3) is 0 Å². The number of fused-ring (bicyclic) bond motifs is 1. The maximum absolute atomic E-state index is 5.63. The van der Waals surface area contributed by atoms with Crippen molar-refractivity contribution in [1.82, 2.24) is 19.6 Å². The van der Waals surface area contributed by atoms with Crippen LogP contribution in [0.15, 0.2) is 17.6 Å². The van der Waals surface area contributed by atoms with E-state index in [1.165, 1.54) is 11.3 Å². The summed E-state index contributed by atoms with van der Waals surface area (Å²) in [5, 5.41) is 10.4. The average Bonchev–Trinajstić information content (AvgIpc) is 3.07. The maximum atomic E-state index is 5.63. The molecule has 3 rings (SSSR count). The third kappa shape index (κ3) is 2.82. The number of nitrogen functional groups attached to an aromatic ring is 1. The fourth-order valence-corrected chi connectivity index (χ4v) is 2.86. The number of nitrogens with zero attached hydrogens (tertiary/aromatic N) is 4. The van der Waals surface area contributed by atoms with Crippen LogP contribution < -0.4 is 11.1 Å². The van der Waals surface area contributed by atoms with E-state index < -0.39 is 0 Å². The Kier molecular flexibility index (Phi) is 3.74. The first kappa shape index (κ1) is 13.8. The molecule has 3 aromatic rings. The van der Waals surface area contributed by atoms with Gasteiger partial charge in [-0.25, -0.2) is 9.97 Å². The van der Waals surface area contributed by atoms with Crippen molar-refractivity contribution in [3.05, 3.63) is 34.6 Å². The summed E-state index contributed by atoms with van der Waals surface area (Å²) >= 11 is 1.49. The van der Waals surface area contributed by atoms with E-state index in [9.17, 15) is 0 Å². The first-order chi connectivity index (χ1) is 10.1. The normalized spacial score (nSPS) is 11.1. The smallest absolute Gasteiger partial charge is 0.180 e. The van der Waals surface area contributed by atoms with Crippen molar-refractivity contribution in [2.45, 2.75) is 26.7 Å². The second-order valence-corrected chi connectivity index (χ2v) is 5.87. The minimum atomic E-state index is 0.636. The van der Waals surface area contributed by atoms with E-state index in [1.54, 1.807) is 6.20 Å². The van der Waals surface area contributed by atoms with Gasteiger partial charge in [0, 0.05) is 29.2 Å². The van der Waals surface area contributed by atoms with Gasteiger partial charge in [-0.2, -0.15) is 9.61 Å². The van der Waals surface area contributed by atoms with Crippen molar-refractivity contribution in [2.75, 3.05) is 17.6 Å². The maximum Gasteiger partial charge on any atom is 0.180 e. The van der Waals surface area contributed by atoms with Gasteiger partial charge in [-0.3, -0.25) is 0 Å². The summed E-state index contributed by atoms with van der Waals surface area (Å²) in [5.41, 5.74) is 9.72. The first-order valence-electron chi connectivity index (χ1n) is 6.90. The number of thiazole rings is 1. The lowest BCUT2D eigenvalue weighted by atomic mass is 10.2. The van der Waals surface area contributed by atoms with Gasteiger partial charge < -0.3 is 11.1 Å². The van der Waals surface area contributed by atoms with Crippen molar-refractivity contribution < 1.29 is 0 Å². The molecule has 0 spiro atoms. The van der Waals surface area contributed by atoms with Crippen LogP contribution in [0, 0.1) is 13.8 Å². The molecule has 3 aromatic heterocycles. The molecule has 0 saturated carbocycles. The van der Waals surface area contributed by atoms with Gasteiger partial charge in [0.2, 0.25) is 0 Å². The molecule has 110 valence electrons. The molecule has 0 atom stereocenters. The molecule has 6 nitrogen and oxygen atoms in total. The van der Waals surface area contributed by atoms with Crippen molar-refractivity contribution in [3.63, 3.8) is 0 Å². The van der Waals surface area contributed by atoms with Crippen LogP contribution in [0.2, 0.25) is 0 Å². The van der Waals surface area contributed by atoms with Gasteiger partial charge >= 0.3 is 0 Å². The summed E-state index contributed by atoms with van der Waals surface area (Å²) in [6.45, 7) is 4.94. The molecule has 0 radical (unpaired) electrons. The molecule has 0 aromatic carbocycles. The van der Waals surface area contributed by atoms with Crippen LogP contribution in [0.5, 0.6) is 0 Å². The molecule has 0 saturated heterocycles. The SMILES string of the molecule is Cc1nc2ccnn2c(NCCCc2csc(N)n2)c1C. The standard InChI is InChI=1S/C14H18N6S/c1-9-10(2)18-12-5-7-17-20(12)13(9)16-6-3-4-11-8-21-14(15)19-11/h5,7-8,16H,3-4,6H2,1-2H3,(H2,15,19). The van der Waals surface area contributed by atoms with Gasteiger partial charge in [-0.1, -0.05) is 0 Å². The average molecular weight is 302 g/mol. The van der Waals surface area contributed by atoms with E-state index in [0.29, 0.717) is 5.13 Å². The molecule has 0 bridgehead atoms. The summed E-state index contributed by atoms with van der Waals surface area (Å²) in [7, 11) is 0. The van der Waals surface area contributed by atoms with E-state index in [2.05, 4.69) is 27.3 Å². The van der Waals surface area contributed by atoms with Crippen molar-refractivity contribution in [1.29, 1.82) is 0 Å². The highest BCUT2D eigenvalue weighted by molar-refractivity contribution is 7.13. The second-order valence-electron chi connectivity index (χ2n) is 4.98. The van der Waals surface area contributed by atoms with Crippen LogP contribution in [0.25, 0.3) is 5.65 Å². The van der Waals surface area contributed by atoms with Crippen molar-refractivity contribution >= 4 is 27.9 Å². The lowest BCUT2D eigenvalue weighted by Gasteiger charge is -2.12. The molecule has 0 aliphatic carbocycles. The van der Waals surface area contributed by atoms with Gasteiger partial charge in [0.1, 0.15) is 5.82 Å². The lowest BCUT2D eigenvalue weighted by Crippen LogP contribution is -2.11. The highest BCUT2D eigenvalue weighted by atomic mass is 32.1. The fourth-order valence-electron chi connectivity index (χ4n) is 2.26. The summed E-state index contributed by atoms with van der Waals surface area (Å²) in [5.74, 6) is 1.01. The molecule has 0 aliphatic rings. The van der Waals surface area contributed by atoms with Crippen molar-refractivity contribution in [3.8, 4) is 0 Å². The van der Waals surface area contributed by atoms with E-state index >= 15 is 0 Å². The van der Waals surface area contributed by atoms with Crippen LogP contribution in [0.4, 0.5) is 10.9 Å². The summed E-state index contributed by atoms with van der Waals surface area (Å²) in [4.78, 5) is 8.78. The molecule has 0 aliphatic heterocycles. The molecular weight excluding hydrogens is 284 g/mol. The highest BCUT2D eigenvalue weighted by Crippen LogP contribution is 2.19. The Balaban J connectivity index is 1.67. The molecule has 7 heteroatoms. The van der Waals surface area contributed by atoms with Crippen molar-refractivity contribution in [2.24, 2.45) is 0 Å².